The Labute approximate surface area is 224 Å². The minimum absolute atomic E-state index is 0.0661. The molecule has 1 aliphatic heterocycles. The van der Waals surface area contributed by atoms with E-state index in [0.717, 1.165) is 5.56 Å². The summed E-state index contributed by atoms with van der Waals surface area (Å²) in [6.07, 6.45) is -5.86. The number of nitrogens with two attached hydrogens (primary N) is 1. The van der Waals surface area contributed by atoms with Gasteiger partial charge in [0, 0.05) is 12.1 Å². The highest BCUT2D eigenvalue weighted by atomic mass is 19.4. The second kappa shape index (κ2) is 12.3. The second-order valence-corrected chi connectivity index (χ2v) is 8.66. The van der Waals surface area contributed by atoms with Gasteiger partial charge in [0.1, 0.15) is 11.8 Å². The number of carbonyl (C=O) groups is 5. The van der Waals surface area contributed by atoms with Crippen LogP contribution in [0.2, 0.25) is 0 Å². The summed E-state index contributed by atoms with van der Waals surface area (Å²) in [5, 5.41) is 21.2. The summed E-state index contributed by atoms with van der Waals surface area (Å²) in [6, 6.07) is 7.87. The Morgan fingerprint density at radius 3 is 2.45 bits per heavy atom. The first-order valence-electron chi connectivity index (χ1n) is 11.6. The molecule has 0 aromatic heterocycles. The molecule has 40 heavy (non-hydrogen) atoms. The molecule has 0 saturated heterocycles. The number of hydrogen-bond acceptors (Lipinski definition) is 8. The fraction of sp³-hybridized carbons (Fsp3) is 0.280. The molecule has 0 spiro atoms. The molecule has 1 atom stereocenters. The number of hydrogen-bond donors (Lipinski definition) is 5. The molecule has 0 radical (unpaired) electrons. The van der Waals surface area contributed by atoms with Crippen LogP contribution in [-0.4, -0.2) is 53.1 Å². The van der Waals surface area contributed by atoms with Crippen LogP contribution < -0.4 is 21.1 Å². The Morgan fingerprint density at radius 2 is 1.80 bits per heavy atom. The van der Waals surface area contributed by atoms with Gasteiger partial charge in [0.05, 0.1) is 12.0 Å². The van der Waals surface area contributed by atoms with E-state index in [1.165, 1.54) is 0 Å². The van der Waals surface area contributed by atoms with Gasteiger partial charge in [-0.1, -0.05) is 12.1 Å². The number of esters is 3. The molecular formula is C25H23F3N4O8. The van der Waals surface area contributed by atoms with Crippen molar-refractivity contribution in [2.24, 2.45) is 5.73 Å². The molecule has 15 heteroatoms. The van der Waals surface area contributed by atoms with Crippen LogP contribution in [0.1, 0.15) is 39.9 Å². The molecule has 212 valence electrons. The molecular weight excluding hydrogens is 541 g/mol. The van der Waals surface area contributed by atoms with Crippen molar-refractivity contribution in [3.63, 3.8) is 0 Å². The molecule has 0 bridgehead atoms. The fourth-order valence-electron chi connectivity index (χ4n) is 3.81. The molecule has 2 aromatic carbocycles. The molecule has 6 N–H and O–H groups in total. The number of fused-ring (bicyclic) bond motifs is 2. The van der Waals surface area contributed by atoms with Crippen molar-refractivity contribution in [1.82, 2.24) is 5.32 Å². The summed E-state index contributed by atoms with van der Waals surface area (Å²) in [5.41, 5.74) is 8.21. The first-order chi connectivity index (χ1) is 18.7. The lowest BCUT2D eigenvalue weighted by atomic mass is 9.96. The van der Waals surface area contributed by atoms with E-state index in [9.17, 15) is 42.3 Å². The Morgan fingerprint density at radius 1 is 1.10 bits per heavy atom. The number of alkyl halides is 3. The van der Waals surface area contributed by atoms with E-state index in [1.807, 2.05) is 5.32 Å². The summed E-state index contributed by atoms with van der Waals surface area (Å²) < 4.78 is 45.8. The zero-order valence-corrected chi connectivity index (χ0v) is 20.6. The van der Waals surface area contributed by atoms with Crippen LogP contribution in [0.3, 0.4) is 0 Å². The molecule has 0 fully saturated rings. The van der Waals surface area contributed by atoms with E-state index in [0.29, 0.717) is 35.2 Å². The van der Waals surface area contributed by atoms with Crippen molar-refractivity contribution in [1.29, 1.82) is 5.41 Å². The quantitative estimate of drug-likeness (QED) is 0.104. The van der Waals surface area contributed by atoms with Gasteiger partial charge in [-0.2, -0.15) is 13.2 Å². The number of ether oxygens (including phenoxy) is 2. The molecule has 0 unspecified atom stereocenters. The summed E-state index contributed by atoms with van der Waals surface area (Å²) in [7, 11) is 0. The number of carboxylic acids is 1. The van der Waals surface area contributed by atoms with Crippen LogP contribution in [0.4, 0.5) is 18.9 Å². The average molecular weight is 564 g/mol. The van der Waals surface area contributed by atoms with Gasteiger partial charge in [-0.3, -0.25) is 15.0 Å². The van der Waals surface area contributed by atoms with Crippen molar-refractivity contribution in [3.8, 4) is 5.75 Å². The maximum absolute atomic E-state index is 12.8. The largest absolute Gasteiger partial charge is 0.491 e. The maximum Gasteiger partial charge on any atom is 0.491 e. The molecule has 1 amide bonds. The van der Waals surface area contributed by atoms with E-state index >= 15 is 0 Å². The lowest BCUT2D eigenvalue weighted by Crippen LogP contribution is -2.43. The van der Waals surface area contributed by atoms with Crippen molar-refractivity contribution in [3.05, 3.63) is 58.7 Å². The highest BCUT2D eigenvalue weighted by molar-refractivity contribution is 5.95. The third-order valence-corrected chi connectivity index (χ3v) is 5.68. The van der Waals surface area contributed by atoms with Crippen LogP contribution in [0, 0.1) is 5.41 Å². The van der Waals surface area contributed by atoms with E-state index in [4.69, 9.17) is 15.9 Å². The zero-order chi connectivity index (χ0) is 29.6. The van der Waals surface area contributed by atoms with Crippen molar-refractivity contribution in [2.45, 2.75) is 44.3 Å². The molecule has 0 aliphatic carbocycles. The van der Waals surface area contributed by atoms with Gasteiger partial charge in [0.15, 0.2) is 5.96 Å². The molecule has 3 rings (SSSR count). The zero-order valence-electron chi connectivity index (χ0n) is 20.6. The molecule has 12 nitrogen and oxygen atoms in total. The number of carbonyl (C=O) groups excluding carboxylic acids is 4. The number of aryl methyl sites for hydroxylation is 3. The third kappa shape index (κ3) is 8.02. The number of aliphatic carboxylic acids is 1. The highest BCUT2D eigenvalue weighted by Gasteiger charge is 2.43. The summed E-state index contributed by atoms with van der Waals surface area (Å²) in [4.78, 5) is 58.6. The number of amides is 1. The van der Waals surface area contributed by atoms with Crippen LogP contribution in [0.5, 0.6) is 5.75 Å². The van der Waals surface area contributed by atoms with Crippen molar-refractivity contribution >= 4 is 41.4 Å². The van der Waals surface area contributed by atoms with Crippen LogP contribution in [-0.2, 0) is 43.2 Å². The topological polar surface area (TPSA) is 198 Å². The van der Waals surface area contributed by atoms with E-state index in [2.05, 4.69) is 10.1 Å². The number of nitrogens with one attached hydrogen (secondary N) is 3. The van der Waals surface area contributed by atoms with Gasteiger partial charge in [0.25, 0.3) is 0 Å². The molecule has 1 heterocycles. The number of rotatable bonds is 8. The predicted octanol–water partition coefficient (Wildman–Crippen LogP) is 1.83. The van der Waals surface area contributed by atoms with Gasteiger partial charge >= 0.3 is 30.1 Å². The van der Waals surface area contributed by atoms with Gasteiger partial charge < -0.3 is 30.9 Å². The first-order valence-corrected chi connectivity index (χ1v) is 11.6. The van der Waals surface area contributed by atoms with Crippen molar-refractivity contribution < 1.29 is 51.7 Å². The second-order valence-electron chi connectivity index (χ2n) is 8.66. The van der Waals surface area contributed by atoms with Crippen molar-refractivity contribution in [2.75, 3.05) is 5.32 Å². The molecule has 2 aromatic rings. The standard InChI is InChI=1S/C25H23F3N4O8/c26-25(27,28)23(38)40-20(34)11-17(21(35)36)32-19(33)8-2-12-1-3-13-4-5-14-10-15(31-24(29)30)6-7-16(14)22(37)39-18(13)9-12/h1,3,6-7,9-10,17H,2,4-5,8,11H2,(H,32,33)(H,35,36)(H4,29,30,31)/t17-/m0/s1. The number of carboxylic acid groups (broad SMARTS) is 1. The van der Waals surface area contributed by atoms with Gasteiger partial charge in [-0.15, -0.1) is 0 Å². The van der Waals surface area contributed by atoms with E-state index in [1.54, 1.807) is 36.4 Å². The SMILES string of the molecule is N=C(N)Nc1ccc2c(c1)CCc1ccc(CCC(=O)N[C@@H](CC(=O)OC(=O)C(F)(F)F)C(=O)O)cc1OC2=O. The molecule has 1 aliphatic rings. The minimum Gasteiger partial charge on any atom is -0.480 e. The normalized spacial score (nSPS) is 13.3. The third-order valence-electron chi connectivity index (χ3n) is 5.68. The average Bonchev–Trinajstić information content (AvgIpc) is 2.84. The number of halogens is 3. The highest BCUT2D eigenvalue weighted by Crippen LogP contribution is 2.29. The van der Waals surface area contributed by atoms with Crippen LogP contribution in [0.15, 0.2) is 36.4 Å². The molecule has 0 saturated carbocycles. The van der Waals surface area contributed by atoms with E-state index in [-0.39, 0.29) is 24.6 Å². The fourth-order valence-corrected chi connectivity index (χ4v) is 3.81. The maximum atomic E-state index is 12.8. The lowest BCUT2D eigenvalue weighted by molar-refractivity contribution is -0.202. The Hall–Kier alpha value is -4.95. The Balaban J connectivity index is 1.61. The smallest absolute Gasteiger partial charge is 0.480 e. The Bertz CT molecular complexity index is 1380. The predicted molar refractivity (Wildman–Crippen MR) is 130 cm³/mol. The van der Waals surface area contributed by atoms with Gasteiger partial charge in [0.2, 0.25) is 5.91 Å². The minimum atomic E-state index is -5.44. The number of benzene rings is 2. The number of guanidine groups is 1. The van der Waals surface area contributed by atoms with Gasteiger partial charge in [-0.25, -0.2) is 14.4 Å². The van der Waals surface area contributed by atoms with Crippen LogP contribution in [0.25, 0.3) is 0 Å². The van der Waals surface area contributed by atoms with E-state index < -0.39 is 48.4 Å². The summed E-state index contributed by atoms with van der Waals surface area (Å²) >= 11 is 0. The monoisotopic (exact) mass is 564 g/mol. The number of anilines is 1. The summed E-state index contributed by atoms with van der Waals surface area (Å²) in [6.45, 7) is 0. The first kappa shape index (κ1) is 29.6. The van der Waals surface area contributed by atoms with Gasteiger partial charge in [-0.05, 0) is 60.2 Å². The van der Waals surface area contributed by atoms with Crippen LogP contribution >= 0.6 is 0 Å². The summed E-state index contributed by atoms with van der Waals surface area (Å²) in [5.74, 6) is -7.71. The lowest BCUT2D eigenvalue weighted by Gasteiger charge is -2.18. The Kier molecular flexibility index (Phi) is 9.08.